The number of anilines is 1. The highest BCUT2D eigenvalue weighted by atomic mass is 19.1. The van der Waals surface area contributed by atoms with Gasteiger partial charge in [0, 0.05) is 18.7 Å². The Bertz CT molecular complexity index is 776. The van der Waals surface area contributed by atoms with E-state index in [1.165, 1.54) is 12.1 Å². The third-order valence-corrected chi connectivity index (χ3v) is 4.29. The van der Waals surface area contributed by atoms with Crippen LogP contribution in [-0.2, 0) is 17.6 Å². The lowest BCUT2D eigenvalue weighted by molar-refractivity contribution is -0.117. The first-order valence-electron chi connectivity index (χ1n) is 8.14. The van der Waals surface area contributed by atoms with Crippen LogP contribution in [0.1, 0.15) is 17.5 Å². The van der Waals surface area contributed by atoms with Gasteiger partial charge in [-0.15, -0.1) is 0 Å². The monoisotopic (exact) mass is 342 g/mol. The topological polar surface area (TPSA) is 69.6 Å². The van der Waals surface area contributed by atoms with E-state index in [2.05, 4.69) is 5.32 Å². The zero-order chi connectivity index (χ0) is 17.8. The van der Waals surface area contributed by atoms with Crippen molar-refractivity contribution in [3.63, 3.8) is 0 Å². The first-order chi connectivity index (χ1) is 12.0. The van der Waals surface area contributed by atoms with Gasteiger partial charge in [-0.25, -0.2) is 9.18 Å². The van der Waals surface area contributed by atoms with Crippen LogP contribution in [0.3, 0.4) is 0 Å². The van der Waals surface area contributed by atoms with Gasteiger partial charge in [0.2, 0.25) is 5.91 Å². The van der Waals surface area contributed by atoms with Crippen molar-refractivity contribution in [3.8, 4) is 0 Å². The van der Waals surface area contributed by atoms with Gasteiger partial charge in [0.1, 0.15) is 5.82 Å². The molecule has 6 heteroatoms. The number of hydrogen-bond donors (Lipinski definition) is 2. The molecule has 5 nitrogen and oxygen atoms in total. The molecule has 1 atom stereocenters. The third-order valence-electron chi connectivity index (χ3n) is 4.29. The average molecular weight is 342 g/mol. The van der Waals surface area contributed by atoms with E-state index >= 15 is 0 Å². The van der Waals surface area contributed by atoms with E-state index in [1.807, 2.05) is 30.3 Å². The maximum atomic E-state index is 13.2. The van der Waals surface area contributed by atoms with Crippen molar-refractivity contribution in [1.82, 2.24) is 5.32 Å². The number of amides is 2. The van der Waals surface area contributed by atoms with Crippen LogP contribution in [0.15, 0.2) is 48.5 Å². The molecule has 130 valence electrons. The lowest BCUT2D eigenvalue weighted by Gasteiger charge is -2.17. The molecule has 0 spiro atoms. The summed E-state index contributed by atoms with van der Waals surface area (Å²) in [5, 5.41) is 11.1. The van der Waals surface area contributed by atoms with Crippen LogP contribution < -0.4 is 10.2 Å². The quantitative estimate of drug-likeness (QED) is 0.878. The molecule has 0 aromatic heterocycles. The standard InChI is InChI=1S/C19H19FN2O3/c20-15-3-1-2-14(10-15)5-4-13-6-8-17(9-7-13)22-12-16(11-18(22)23)21-19(24)25/h1-3,6-10,16,21H,4-5,11-12H2,(H,24,25). The number of nitrogens with zero attached hydrogens (tertiary/aromatic N) is 1. The van der Waals surface area contributed by atoms with Gasteiger partial charge in [-0.2, -0.15) is 0 Å². The zero-order valence-corrected chi connectivity index (χ0v) is 13.6. The molecule has 1 saturated heterocycles. The van der Waals surface area contributed by atoms with Gasteiger partial charge >= 0.3 is 6.09 Å². The van der Waals surface area contributed by atoms with E-state index in [0.29, 0.717) is 6.54 Å². The highest BCUT2D eigenvalue weighted by Crippen LogP contribution is 2.22. The molecule has 2 aromatic rings. The fourth-order valence-electron chi connectivity index (χ4n) is 3.05. The number of hydrogen-bond acceptors (Lipinski definition) is 2. The van der Waals surface area contributed by atoms with Gasteiger partial charge in [-0.3, -0.25) is 4.79 Å². The Balaban J connectivity index is 1.60. The molecule has 1 aliphatic heterocycles. The highest BCUT2D eigenvalue weighted by molar-refractivity contribution is 5.96. The summed E-state index contributed by atoms with van der Waals surface area (Å²) >= 11 is 0. The molecular formula is C19H19FN2O3. The van der Waals surface area contributed by atoms with Gasteiger partial charge in [-0.1, -0.05) is 24.3 Å². The van der Waals surface area contributed by atoms with Crippen molar-refractivity contribution < 1.29 is 19.1 Å². The van der Waals surface area contributed by atoms with Crippen molar-refractivity contribution in [2.75, 3.05) is 11.4 Å². The minimum Gasteiger partial charge on any atom is -0.465 e. The Morgan fingerprint density at radius 2 is 1.88 bits per heavy atom. The van der Waals surface area contributed by atoms with Crippen LogP contribution in [0.4, 0.5) is 14.9 Å². The number of carbonyl (C=O) groups is 2. The number of carboxylic acid groups (broad SMARTS) is 1. The summed E-state index contributed by atoms with van der Waals surface area (Å²) in [4.78, 5) is 24.3. The minimum absolute atomic E-state index is 0.0914. The molecule has 0 aliphatic carbocycles. The fourth-order valence-corrected chi connectivity index (χ4v) is 3.05. The van der Waals surface area contributed by atoms with Gasteiger partial charge in [0.25, 0.3) is 0 Å². The average Bonchev–Trinajstić information content (AvgIpc) is 2.93. The van der Waals surface area contributed by atoms with Crippen LogP contribution in [0.5, 0.6) is 0 Å². The van der Waals surface area contributed by atoms with E-state index in [1.54, 1.807) is 11.0 Å². The van der Waals surface area contributed by atoms with E-state index in [4.69, 9.17) is 5.11 Å². The van der Waals surface area contributed by atoms with Crippen LogP contribution >= 0.6 is 0 Å². The summed E-state index contributed by atoms with van der Waals surface area (Å²) in [5.41, 5.74) is 2.80. The fraction of sp³-hybridized carbons (Fsp3) is 0.263. The summed E-state index contributed by atoms with van der Waals surface area (Å²) in [6.07, 6.45) is 0.575. The molecule has 1 heterocycles. The van der Waals surface area contributed by atoms with E-state index in [-0.39, 0.29) is 24.2 Å². The molecule has 2 aromatic carbocycles. The predicted molar refractivity (Wildman–Crippen MR) is 92.2 cm³/mol. The molecule has 25 heavy (non-hydrogen) atoms. The SMILES string of the molecule is O=C(O)NC1CC(=O)N(c2ccc(CCc3cccc(F)c3)cc2)C1. The second-order valence-corrected chi connectivity index (χ2v) is 6.15. The molecule has 0 radical (unpaired) electrons. The van der Waals surface area contributed by atoms with Gasteiger partial charge in [0.05, 0.1) is 6.04 Å². The normalized spacial score (nSPS) is 16.9. The lowest BCUT2D eigenvalue weighted by Crippen LogP contribution is -2.36. The summed E-state index contributed by atoms with van der Waals surface area (Å²) < 4.78 is 13.2. The number of nitrogens with one attached hydrogen (secondary N) is 1. The van der Waals surface area contributed by atoms with Crippen LogP contribution in [0.25, 0.3) is 0 Å². The van der Waals surface area contributed by atoms with Crippen molar-refractivity contribution in [1.29, 1.82) is 0 Å². The molecule has 3 rings (SSSR count). The molecule has 0 bridgehead atoms. The summed E-state index contributed by atoms with van der Waals surface area (Å²) in [6, 6.07) is 13.8. The maximum absolute atomic E-state index is 13.2. The first kappa shape index (κ1) is 17.0. The number of carbonyl (C=O) groups excluding carboxylic acids is 1. The third kappa shape index (κ3) is 4.35. The Kier molecular flexibility index (Phi) is 4.97. The van der Waals surface area contributed by atoms with Crippen LogP contribution in [0, 0.1) is 5.82 Å². The van der Waals surface area contributed by atoms with Crippen molar-refractivity contribution in [2.24, 2.45) is 0 Å². The number of rotatable bonds is 5. The van der Waals surface area contributed by atoms with E-state index < -0.39 is 6.09 Å². The number of benzene rings is 2. The largest absolute Gasteiger partial charge is 0.465 e. The van der Waals surface area contributed by atoms with Crippen molar-refractivity contribution >= 4 is 17.7 Å². The molecule has 0 saturated carbocycles. The Labute approximate surface area is 145 Å². The van der Waals surface area contributed by atoms with Crippen molar-refractivity contribution in [2.45, 2.75) is 25.3 Å². The van der Waals surface area contributed by atoms with Crippen LogP contribution in [0.2, 0.25) is 0 Å². The van der Waals surface area contributed by atoms with Crippen molar-refractivity contribution in [3.05, 3.63) is 65.5 Å². The number of halogens is 1. The summed E-state index contributed by atoms with van der Waals surface area (Å²) in [5.74, 6) is -0.323. The van der Waals surface area contributed by atoms with E-state index in [9.17, 15) is 14.0 Å². The molecule has 1 fully saturated rings. The first-order valence-corrected chi connectivity index (χ1v) is 8.14. The van der Waals surface area contributed by atoms with Gasteiger partial charge in [0.15, 0.2) is 0 Å². The molecule has 1 unspecified atom stereocenters. The minimum atomic E-state index is -1.12. The molecular weight excluding hydrogens is 323 g/mol. The predicted octanol–water partition coefficient (Wildman–Crippen LogP) is 2.98. The smallest absolute Gasteiger partial charge is 0.404 e. The zero-order valence-electron chi connectivity index (χ0n) is 13.6. The maximum Gasteiger partial charge on any atom is 0.404 e. The summed E-state index contributed by atoms with van der Waals surface area (Å²) in [6.45, 7) is 0.341. The lowest BCUT2D eigenvalue weighted by atomic mass is 10.0. The second kappa shape index (κ2) is 7.34. The summed E-state index contributed by atoms with van der Waals surface area (Å²) in [7, 11) is 0. The molecule has 2 amide bonds. The Morgan fingerprint density at radius 1 is 1.16 bits per heavy atom. The Hall–Kier alpha value is -2.89. The Morgan fingerprint density at radius 3 is 2.56 bits per heavy atom. The highest BCUT2D eigenvalue weighted by Gasteiger charge is 2.31. The van der Waals surface area contributed by atoms with Crippen LogP contribution in [-0.4, -0.2) is 29.7 Å². The van der Waals surface area contributed by atoms with Gasteiger partial charge in [-0.05, 0) is 48.2 Å². The van der Waals surface area contributed by atoms with E-state index in [0.717, 1.165) is 29.7 Å². The second-order valence-electron chi connectivity index (χ2n) is 6.15. The molecule has 1 aliphatic rings. The van der Waals surface area contributed by atoms with Gasteiger partial charge < -0.3 is 15.3 Å². The number of aryl methyl sites for hydroxylation is 2. The molecule has 2 N–H and O–H groups in total.